The van der Waals surface area contributed by atoms with Crippen LogP contribution in [-0.2, 0) is 4.79 Å². The number of benzene rings is 1. The molecule has 0 radical (unpaired) electrons. The summed E-state index contributed by atoms with van der Waals surface area (Å²) >= 11 is 0. The molecule has 0 aromatic heterocycles. The minimum Gasteiger partial charge on any atom is -0.480 e. The first kappa shape index (κ1) is 13.4. The van der Waals surface area contributed by atoms with Gasteiger partial charge in [0.05, 0.1) is 0 Å². The second-order valence-corrected chi connectivity index (χ2v) is 4.14. The van der Waals surface area contributed by atoms with Crippen LogP contribution in [0.2, 0.25) is 0 Å². The van der Waals surface area contributed by atoms with Crippen molar-refractivity contribution in [3.8, 4) is 0 Å². The van der Waals surface area contributed by atoms with Crippen molar-refractivity contribution in [1.82, 2.24) is 0 Å². The number of hydrogen-bond acceptors (Lipinski definition) is 2. The van der Waals surface area contributed by atoms with Gasteiger partial charge < -0.3 is 10.4 Å². The van der Waals surface area contributed by atoms with Gasteiger partial charge in [-0.3, -0.25) is 0 Å². The fourth-order valence-corrected chi connectivity index (χ4v) is 1.62. The maximum Gasteiger partial charge on any atom is 0.329 e. The van der Waals surface area contributed by atoms with Crippen LogP contribution in [0, 0.1) is 11.6 Å². The Bertz CT molecular complexity index is 423. The van der Waals surface area contributed by atoms with Gasteiger partial charge in [-0.1, -0.05) is 13.3 Å². The number of carboxylic acid groups (broad SMARTS) is 1. The molecule has 1 atom stereocenters. The van der Waals surface area contributed by atoms with Crippen molar-refractivity contribution in [2.24, 2.45) is 0 Å². The number of nitrogens with one attached hydrogen (secondary N) is 1. The van der Waals surface area contributed by atoms with E-state index in [1.54, 1.807) is 0 Å². The van der Waals surface area contributed by atoms with Crippen LogP contribution in [0.15, 0.2) is 18.2 Å². The van der Waals surface area contributed by atoms with E-state index in [0.29, 0.717) is 12.8 Å². The van der Waals surface area contributed by atoms with Crippen molar-refractivity contribution in [3.05, 3.63) is 29.8 Å². The zero-order valence-electron chi connectivity index (χ0n) is 9.76. The van der Waals surface area contributed by atoms with Gasteiger partial charge in [0.15, 0.2) is 11.6 Å². The van der Waals surface area contributed by atoms with Gasteiger partial charge in [0.1, 0.15) is 5.54 Å². The fraction of sp³-hybridized carbons (Fsp3) is 0.417. The first-order valence-corrected chi connectivity index (χ1v) is 5.35. The second kappa shape index (κ2) is 5.12. The highest BCUT2D eigenvalue weighted by atomic mass is 19.2. The Morgan fingerprint density at radius 1 is 1.41 bits per heavy atom. The summed E-state index contributed by atoms with van der Waals surface area (Å²) in [5, 5.41) is 11.8. The predicted octanol–water partition coefficient (Wildman–Crippen LogP) is 3.02. The molecule has 3 nitrogen and oxygen atoms in total. The van der Waals surface area contributed by atoms with Gasteiger partial charge in [-0.05, 0) is 25.5 Å². The Labute approximate surface area is 98.5 Å². The Hall–Kier alpha value is -1.65. The van der Waals surface area contributed by atoms with Crippen LogP contribution in [0.3, 0.4) is 0 Å². The summed E-state index contributed by atoms with van der Waals surface area (Å²) in [6.45, 7) is 3.37. The number of anilines is 1. The van der Waals surface area contributed by atoms with E-state index in [9.17, 15) is 13.6 Å². The van der Waals surface area contributed by atoms with Gasteiger partial charge in [0, 0.05) is 11.8 Å². The third-order valence-corrected chi connectivity index (χ3v) is 2.56. The van der Waals surface area contributed by atoms with E-state index in [4.69, 9.17) is 5.11 Å². The summed E-state index contributed by atoms with van der Waals surface area (Å²) in [5.41, 5.74) is -0.929. The standard InChI is InChI=1S/C12H15F2NO2/c1-3-6-12(2,11(16)17)15-8-4-5-9(13)10(14)7-8/h4-5,7,15H,3,6H2,1-2H3,(H,16,17). The van der Waals surface area contributed by atoms with Crippen molar-refractivity contribution in [3.63, 3.8) is 0 Å². The van der Waals surface area contributed by atoms with E-state index >= 15 is 0 Å². The molecular formula is C12H15F2NO2. The Morgan fingerprint density at radius 3 is 2.53 bits per heavy atom. The lowest BCUT2D eigenvalue weighted by molar-refractivity contribution is -0.141. The van der Waals surface area contributed by atoms with Crippen LogP contribution in [0.1, 0.15) is 26.7 Å². The Balaban J connectivity index is 2.94. The summed E-state index contributed by atoms with van der Waals surface area (Å²) in [4.78, 5) is 11.1. The highest BCUT2D eigenvalue weighted by Crippen LogP contribution is 2.22. The largest absolute Gasteiger partial charge is 0.480 e. The lowest BCUT2D eigenvalue weighted by atomic mass is 9.96. The molecule has 0 saturated carbocycles. The quantitative estimate of drug-likeness (QED) is 0.835. The lowest BCUT2D eigenvalue weighted by Gasteiger charge is -2.27. The molecular weight excluding hydrogens is 228 g/mol. The van der Waals surface area contributed by atoms with E-state index in [0.717, 1.165) is 12.1 Å². The highest BCUT2D eigenvalue weighted by molar-refractivity contribution is 5.82. The molecule has 0 spiro atoms. The van der Waals surface area contributed by atoms with Crippen molar-refractivity contribution < 1.29 is 18.7 Å². The lowest BCUT2D eigenvalue weighted by Crippen LogP contribution is -2.43. The third-order valence-electron chi connectivity index (χ3n) is 2.56. The first-order valence-electron chi connectivity index (χ1n) is 5.35. The fourth-order valence-electron chi connectivity index (χ4n) is 1.62. The highest BCUT2D eigenvalue weighted by Gasteiger charge is 2.31. The average molecular weight is 243 g/mol. The smallest absolute Gasteiger partial charge is 0.329 e. The minimum absolute atomic E-state index is 0.252. The van der Waals surface area contributed by atoms with Crippen LogP contribution in [0.5, 0.6) is 0 Å². The summed E-state index contributed by atoms with van der Waals surface area (Å²) < 4.78 is 25.7. The summed E-state index contributed by atoms with van der Waals surface area (Å²) in [6, 6.07) is 3.23. The van der Waals surface area contributed by atoms with Gasteiger partial charge >= 0.3 is 5.97 Å². The molecule has 0 aliphatic carbocycles. The maximum atomic E-state index is 13.0. The molecule has 2 N–H and O–H groups in total. The Kier molecular flexibility index (Phi) is 4.04. The number of aliphatic carboxylic acids is 1. The van der Waals surface area contributed by atoms with Crippen molar-refractivity contribution in [2.75, 3.05) is 5.32 Å². The minimum atomic E-state index is -1.18. The summed E-state index contributed by atoms with van der Waals surface area (Å²) in [6.07, 6.45) is 1.06. The zero-order chi connectivity index (χ0) is 13.1. The molecule has 0 saturated heterocycles. The van der Waals surface area contributed by atoms with Crippen molar-refractivity contribution >= 4 is 11.7 Å². The Morgan fingerprint density at radius 2 is 2.06 bits per heavy atom. The topological polar surface area (TPSA) is 49.3 Å². The van der Waals surface area contributed by atoms with E-state index in [1.807, 2.05) is 6.92 Å². The van der Waals surface area contributed by atoms with Crippen LogP contribution in [-0.4, -0.2) is 16.6 Å². The van der Waals surface area contributed by atoms with Gasteiger partial charge in [-0.15, -0.1) is 0 Å². The summed E-state index contributed by atoms with van der Waals surface area (Å²) in [5.74, 6) is -2.98. The third kappa shape index (κ3) is 3.15. The molecule has 17 heavy (non-hydrogen) atoms. The number of hydrogen-bond donors (Lipinski definition) is 2. The van der Waals surface area contributed by atoms with E-state index < -0.39 is 23.1 Å². The molecule has 0 bridgehead atoms. The van der Waals surface area contributed by atoms with Crippen LogP contribution >= 0.6 is 0 Å². The number of carbonyl (C=O) groups is 1. The average Bonchev–Trinajstić information content (AvgIpc) is 2.23. The molecule has 1 rings (SSSR count). The van der Waals surface area contributed by atoms with Crippen molar-refractivity contribution in [2.45, 2.75) is 32.2 Å². The molecule has 1 aromatic carbocycles. The molecule has 0 heterocycles. The summed E-state index contributed by atoms with van der Waals surface area (Å²) in [7, 11) is 0. The zero-order valence-corrected chi connectivity index (χ0v) is 9.76. The molecule has 0 fully saturated rings. The first-order chi connectivity index (χ1) is 7.89. The molecule has 0 aliphatic rings. The van der Waals surface area contributed by atoms with Gasteiger partial charge in [-0.25, -0.2) is 13.6 Å². The molecule has 0 amide bonds. The molecule has 94 valence electrons. The van der Waals surface area contributed by atoms with Gasteiger partial charge in [0.2, 0.25) is 0 Å². The number of carboxylic acids is 1. The molecule has 1 unspecified atom stereocenters. The molecule has 1 aromatic rings. The maximum absolute atomic E-state index is 13.0. The number of rotatable bonds is 5. The second-order valence-electron chi connectivity index (χ2n) is 4.14. The SMILES string of the molecule is CCCC(C)(Nc1ccc(F)c(F)c1)C(=O)O. The van der Waals surface area contributed by atoms with E-state index in [2.05, 4.69) is 5.32 Å². The monoisotopic (exact) mass is 243 g/mol. The van der Waals surface area contributed by atoms with Crippen LogP contribution in [0.4, 0.5) is 14.5 Å². The predicted molar refractivity (Wildman–Crippen MR) is 60.9 cm³/mol. The van der Waals surface area contributed by atoms with Gasteiger partial charge in [-0.2, -0.15) is 0 Å². The van der Waals surface area contributed by atoms with E-state index in [-0.39, 0.29) is 5.69 Å². The van der Waals surface area contributed by atoms with Gasteiger partial charge in [0.25, 0.3) is 0 Å². The van der Waals surface area contributed by atoms with Crippen LogP contribution in [0.25, 0.3) is 0 Å². The molecule has 5 heteroatoms. The normalized spacial score (nSPS) is 14.1. The molecule has 0 aliphatic heterocycles. The number of halogens is 2. The van der Waals surface area contributed by atoms with E-state index in [1.165, 1.54) is 13.0 Å². The van der Waals surface area contributed by atoms with Crippen molar-refractivity contribution in [1.29, 1.82) is 0 Å². The van der Waals surface area contributed by atoms with Crippen LogP contribution < -0.4 is 5.32 Å².